The van der Waals surface area contributed by atoms with E-state index in [2.05, 4.69) is 29.4 Å². The molecular weight excluding hydrogens is 368 g/mol. The van der Waals surface area contributed by atoms with Crippen LogP contribution in [0.15, 0.2) is 65.5 Å². The standard InChI is InChI=1S/C22H22N4OS/c1-2-8-17(16-9-4-3-5-10-16)24-21(27)13-26-20-12-7-6-11-18(20)25-22(26)19-14-28-15-23-19/h3-7,9-12,14-15,17H,2,8,13H2,1H3,(H,24,27)/t17-/m1/s1. The van der Waals surface area contributed by atoms with Crippen molar-refractivity contribution in [2.75, 3.05) is 0 Å². The van der Waals surface area contributed by atoms with Gasteiger partial charge in [0.15, 0.2) is 5.82 Å². The van der Waals surface area contributed by atoms with E-state index in [0.717, 1.165) is 41.0 Å². The van der Waals surface area contributed by atoms with Crippen LogP contribution in [0.3, 0.4) is 0 Å². The van der Waals surface area contributed by atoms with Gasteiger partial charge in [-0.25, -0.2) is 9.97 Å². The van der Waals surface area contributed by atoms with Gasteiger partial charge in [0, 0.05) is 5.38 Å². The van der Waals surface area contributed by atoms with Crippen molar-refractivity contribution in [3.63, 3.8) is 0 Å². The molecule has 0 aliphatic rings. The molecule has 1 amide bonds. The number of carbonyl (C=O) groups excluding carboxylic acids is 1. The van der Waals surface area contributed by atoms with Crippen LogP contribution >= 0.6 is 11.3 Å². The summed E-state index contributed by atoms with van der Waals surface area (Å²) >= 11 is 1.52. The average molecular weight is 391 g/mol. The Labute approximate surface area is 168 Å². The number of aromatic nitrogens is 3. The van der Waals surface area contributed by atoms with Crippen molar-refractivity contribution >= 4 is 28.3 Å². The van der Waals surface area contributed by atoms with E-state index >= 15 is 0 Å². The minimum absolute atomic E-state index is 0.0104. The number of fused-ring (bicyclic) bond motifs is 1. The van der Waals surface area contributed by atoms with Crippen LogP contribution in [0.4, 0.5) is 0 Å². The van der Waals surface area contributed by atoms with E-state index in [9.17, 15) is 4.79 Å². The van der Waals surface area contributed by atoms with Crippen LogP contribution in [0, 0.1) is 0 Å². The first kappa shape index (κ1) is 18.4. The third-order valence-corrected chi connectivity index (χ3v) is 5.32. The molecule has 0 radical (unpaired) electrons. The number of rotatable bonds is 7. The van der Waals surface area contributed by atoms with Gasteiger partial charge in [0.1, 0.15) is 12.2 Å². The van der Waals surface area contributed by atoms with Gasteiger partial charge in [-0.15, -0.1) is 11.3 Å². The first-order chi connectivity index (χ1) is 13.8. The lowest BCUT2D eigenvalue weighted by molar-refractivity contribution is -0.122. The third-order valence-electron chi connectivity index (χ3n) is 4.73. The van der Waals surface area contributed by atoms with E-state index in [4.69, 9.17) is 4.98 Å². The molecule has 1 atom stereocenters. The number of benzene rings is 2. The van der Waals surface area contributed by atoms with Gasteiger partial charge in [-0.3, -0.25) is 4.79 Å². The van der Waals surface area contributed by atoms with Crippen molar-refractivity contribution in [1.29, 1.82) is 0 Å². The van der Waals surface area contributed by atoms with Gasteiger partial charge in [0.05, 0.1) is 22.6 Å². The highest BCUT2D eigenvalue weighted by atomic mass is 32.1. The molecule has 1 N–H and O–H groups in total. The summed E-state index contributed by atoms with van der Waals surface area (Å²) in [6.07, 6.45) is 1.90. The largest absolute Gasteiger partial charge is 0.348 e. The second-order valence-electron chi connectivity index (χ2n) is 6.70. The van der Waals surface area contributed by atoms with Crippen molar-refractivity contribution in [1.82, 2.24) is 19.9 Å². The first-order valence-corrected chi connectivity index (χ1v) is 10.4. The molecule has 0 bridgehead atoms. The van der Waals surface area contributed by atoms with Crippen molar-refractivity contribution in [2.45, 2.75) is 32.4 Å². The summed E-state index contributed by atoms with van der Waals surface area (Å²) in [6, 6.07) is 18.0. The van der Waals surface area contributed by atoms with Gasteiger partial charge in [0.2, 0.25) is 5.91 Å². The minimum atomic E-state index is -0.0260. The number of hydrogen-bond donors (Lipinski definition) is 1. The quantitative estimate of drug-likeness (QED) is 0.492. The molecule has 0 saturated heterocycles. The molecule has 0 unspecified atom stereocenters. The molecule has 0 fully saturated rings. The fraction of sp³-hybridized carbons (Fsp3) is 0.227. The lowest BCUT2D eigenvalue weighted by atomic mass is 10.0. The Bertz CT molecular complexity index is 1060. The molecule has 5 nitrogen and oxygen atoms in total. The zero-order chi connectivity index (χ0) is 19.3. The zero-order valence-corrected chi connectivity index (χ0v) is 16.5. The van der Waals surface area contributed by atoms with Gasteiger partial charge in [-0.1, -0.05) is 55.8 Å². The smallest absolute Gasteiger partial charge is 0.240 e. The number of imidazole rings is 1. The Morgan fingerprint density at radius 3 is 2.68 bits per heavy atom. The average Bonchev–Trinajstić information content (AvgIpc) is 3.37. The molecular formula is C22H22N4OS. The molecule has 2 aromatic carbocycles. The molecule has 0 saturated carbocycles. The molecule has 2 heterocycles. The number of thiazole rings is 1. The van der Waals surface area contributed by atoms with E-state index in [1.165, 1.54) is 11.3 Å². The Kier molecular flexibility index (Phi) is 5.48. The molecule has 0 aliphatic heterocycles. The SMILES string of the molecule is CCC[C@@H](NC(=O)Cn1c(-c2cscn2)nc2ccccc21)c1ccccc1. The van der Waals surface area contributed by atoms with Crippen LogP contribution in [-0.4, -0.2) is 20.4 Å². The van der Waals surface area contributed by atoms with Gasteiger partial charge < -0.3 is 9.88 Å². The summed E-state index contributed by atoms with van der Waals surface area (Å²) in [7, 11) is 0. The summed E-state index contributed by atoms with van der Waals surface area (Å²) in [5, 5.41) is 5.16. The fourth-order valence-electron chi connectivity index (χ4n) is 3.43. The minimum Gasteiger partial charge on any atom is -0.348 e. The maximum atomic E-state index is 13.0. The summed E-state index contributed by atoms with van der Waals surface area (Å²) in [4.78, 5) is 22.1. The molecule has 0 spiro atoms. The Morgan fingerprint density at radius 1 is 1.14 bits per heavy atom. The summed E-state index contributed by atoms with van der Waals surface area (Å²) in [5.74, 6) is 0.700. The maximum Gasteiger partial charge on any atom is 0.240 e. The van der Waals surface area contributed by atoms with E-state index in [1.54, 1.807) is 5.51 Å². The van der Waals surface area contributed by atoms with E-state index in [1.807, 2.05) is 52.4 Å². The normalized spacial score (nSPS) is 12.2. The monoisotopic (exact) mass is 390 g/mol. The number of carbonyl (C=O) groups is 1. The molecule has 0 aliphatic carbocycles. The Morgan fingerprint density at radius 2 is 1.93 bits per heavy atom. The highest BCUT2D eigenvalue weighted by Gasteiger charge is 2.19. The highest BCUT2D eigenvalue weighted by Crippen LogP contribution is 2.25. The number of amides is 1. The van der Waals surface area contributed by atoms with Crippen molar-refractivity contribution in [3.8, 4) is 11.5 Å². The van der Waals surface area contributed by atoms with Crippen LogP contribution in [0.1, 0.15) is 31.4 Å². The fourth-order valence-corrected chi connectivity index (χ4v) is 3.96. The topological polar surface area (TPSA) is 59.8 Å². The van der Waals surface area contributed by atoms with Crippen LogP contribution in [0.25, 0.3) is 22.6 Å². The molecule has 2 aromatic heterocycles. The van der Waals surface area contributed by atoms with Gasteiger partial charge >= 0.3 is 0 Å². The number of nitrogens with one attached hydrogen (secondary N) is 1. The molecule has 4 aromatic rings. The molecule has 28 heavy (non-hydrogen) atoms. The van der Waals surface area contributed by atoms with Gasteiger partial charge in [-0.2, -0.15) is 0 Å². The summed E-state index contributed by atoms with van der Waals surface area (Å²) in [5.41, 5.74) is 5.51. The van der Waals surface area contributed by atoms with Crippen LogP contribution in [0.5, 0.6) is 0 Å². The highest BCUT2D eigenvalue weighted by molar-refractivity contribution is 7.07. The Hall–Kier alpha value is -2.99. The second-order valence-corrected chi connectivity index (χ2v) is 7.42. The zero-order valence-electron chi connectivity index (χ0n) is 15.7. The lowest BCUT2D eigenvalue weighted by Crippen LogP contribution is -2.31. The summed E-state index contributed by atoms with van der Waals surface area (Å²) in [6.45, 7) is 2.34. The van der Waals surface area contributed by atoms with Crippen molar-refractivity contribution in [2.24, 2.45) is 0 Å². The third kappa shape index (κ3) is 3.82. The molecule has 4 rings (SSSR count). The second kappa shape index (κ2) is 8.35. The maximum absolute atomic E-state index is 13.0. The van der Waals surface area contributed by atoms with E-state index in [-0.39, 0.29) is 18.5 Å². The molecule has 142 valence electrons. The van der Waals surface area contributed by atoms with Crippen LogP contribution < -0.4 is 5.32 Å². The van der Waals surface area contributed by atoms with E-state index in [0.29, 0.717) is 0 Å². The predicted octanol–water partition coefficient (Wildman–Crippen LogP) is 4.82. The number of nitrogens with zero attached hydrogens (tertiary/aromatic N) is 3. The number of para-hydroxylation sites is 2. The summed E-state index contributed by atoms with van der Waals surface area (Å²) < 4.78 is 1.95. The molecule has 6 heteroatoms. The van der Waals surface area contributed by atoms with Crippen molar-refractivity contribution in [3.05, 3.63) is 71.1 Å². The lowest BCUT2D eigenvalue weighted by Gasteiger charge is -2.19. The number of hydrogen-bond acceptors (Lipinski definition) is 4. The van der Waals surface area contributed by atoms with Gasteiger partial charge in [-0.05, 0) is 24.1 Å². The Balaban J connectivity index is 1.62. The first-order valence-electron chi connectivity index (χ1n) is 9.44. The van der Waals surface area contributed by atoms with Crippen molar-refractivity contribution < 1.29 is 4.79 Å². The predicted molar refractivity (Wildman–Crippen MR) is 113 cm³/mol. The van der Waals surface area contributed by atoms with Gasteiger partial charge in [0.25, 0.3) is 0 Å². The van der Waals surface area contributed by atoms with Crippen LogP contribution in [-0.2, 0) is 11.3 Å². The van der Waals surface area contributed by atoms with Crippen LogP contribution in [0.2, 0.25) is 0 Å². The van der Waals surface area contributed by atoms with E-state index < -0.39 is 0 Å².